The highest BCUT2D eigenvalue weighted by molar-refractivity contribution is 5.99. The molecule has 0 saturated carbocycles. The van der Waals surface area contributed by atoms with Gasteiger partial charge in [-0.15, -0.1) is 0 Å². The van der Waals surface area contributed by atoms with E-state index < -0.39 is 0 Å². The molecule has 0 aliphatic carbocycles. The van der Waals surface area contributed by atoms with Crippen LogP contribution >= 0.6 is 0 Å². The van der Waals surface area contributed by atoms with Crippen molar-refractivity contribution in [2.75, 3.05) is 11.9 Å². The molecule has 0 radical (unpaired) electrons. The number of carbonyl (C=O) groups is 2. The summed E-state index contributed by atoms with van der Waals surface area (Å²) in [5.41, 5.74) is 3.12. The summed E-state index contributed by atoms with van der Waals surface area (Å²) in [5.74, 6) is -0.0568. The molecule has 0 bridgehead atoms. The first-order valence-corrected chi connectivity index (χ1v) is 8.71. The number of nitrogens with zero attached hydrogens (tertiary/aromatic N) is 2. The fourth-order valence-corrected chi connectivity index (χ4v) is 2.62. The van der Waals surface area contributed by atoms with E-state index in [1.165, 1.54) is 0 Å². The minimum Gasteiger partial charge on any atom is -0.424 e. The van der Waals surface area contributed by atoms with Crippen LogP contribution in [-0.4, -0.2) is 28.3 Å². The van der Waals surface area contributed by atoms with E-state index in [9.17, 15) is 9.59 Å². The number of aryl methyl sites for hydroxylation is 2. The number of anilines is 1. The van der Waals surface area contributed by atoms with Crippen molar-refractivity contribution in [1.82, 2.24) is 15.3 Å². The molecular formula is C21H20N4O3. The number of rotatable bonds is 6. The largest absolute Gasteiger partial charge is 0.424 e. The fourth-order valence-electron chi connectivity index (χ4n) is 2.62. The van der Waals surface area contributed by atoms with E-state index in [4.69, 9.17) is 4.74 Å². The van der Waals surface area contributed by atoms with Gasteiger partial charge in [0.05, 0.1) is 6.54 Å². The molecule has 3 aromatic rings. The average molecular weight is 376 g/mol. The molecule has 2 N–H and O–H groups in total. The summed E-state index contributed by atoms with van der Waals surface area (Å²) in [6.07, 6.45) is 3.17. The Bertz CT molecular complexity index is 952. The Morgan fingerprint density at radius 3 is 2.25 bits per heavy atom. The molecule has 0 saturated heterocycles. The van der Waals surface area contributed by atoms with Crippen LogP contribution in [0.5, 0.6) is 11.8 Å². The summed E-state index contributed by atoms with van der Waals surface area (Å²) in [5, 5.41) is 5.35. The van der Waals surface area contributed by atoms with Crippen molar-refractivity contribution in [2.45, 2.75) is 13.8 Å². The zero-order chi connectivity index (χ0) is 19.9. The molecule has 7 heteroatoms. The van der Waals surface area contributed by atoms with Crippen LogP contribution in [0.2, 0.25) is 0 Å². The van der Waals surface area contributed by atoms with Gasteiger partial charge in [-0.25, -0.2) is 9.97 Å². The molecule has 28 heavy (non-hydrogen) atoms. The highest BCUT2D eigenvalue weighted by atomic mass is 16.5. The number of amides is 2. The molecule has 0 unspecified atom stereocenters. The van der Waals surface area contributed by atoms with Gasteiger partial charge in [-0.1, -0.05) is 17.2 Å². The van der Waals surface area contributed by atoms with Crippen LogP contribution in [0, 0.1) is 13.8 Å². The molecular weight excluding hydrogens is 356 g/mol. The van der Waals surface area contributed by atoms with Gasteiger partial charge in [0.1, 0.15) is 5.75 Å². The molecule has 142 valence electrons. The summed E-state index contributed by atoms with van der Waals surface area (Å²) in [7, 11) is 0. The third kappa shape index (κ3) is 5.38. The number of ether oxygens (including phenoxy) is 1. The van der Waals surface area contributed by atoms with E-state index in [2.05, 4.69) is 20.6 Å². The topological polar surface area (TPSA) is 93.2 Å². The molecule has 3 rings (SSSR count). The third-order valence-corrected chi connectivity index (χ3v) is 3.78. The second kappa shape index (κ2) is 8.77. The number of carbonyl (C=O) groups excluding carboxylic acids is 2. The maximum atomic E-state index is 12.2. The fraction of sp³-hybridized carbons (Fsp3) is 0.143. The Labute approximate surface area is 162 Å². The first kappa shape index (κ1) is 19.0. The Balaban J connectivity index is 1.51. The van der Waals surface area contributed by atoms with Crippen LogP contribution in [0.3, 0.4) is 0 Å². The number of hydrogen-bond donors (Lipinski definition) is 2. The van der Waals surface area contributed by atoms with Crippen molar-refractivity contribution >= 4 is 17.5 Å². The van der Waals surface area contributed by atoms with Crippen molar-refractivity contribution in [2.24, 2.45) is 0 Å². The predicted octanol–water partition coefficient (Wildman–Crippen LogP) is 3.25. The van der Waals surface area contributed by atoms with Gasteiger partial charge in [-0.3, -0.25) is 9.59 Å². The number of aromatic nitrogens is 2. The summed E-state index contributed by atoms with van der Waals surface area (Å²) in [4.78, 5) is 32.2. The molecule has 1 aromatic heterocycles. The van der Waals surface area contributed by atoms with E-state index in [1.807, 2.05) is 19.9 Å². The van der Waals surface area contributed by atoms with Crippen LogP contribution < -0.4 is 15.4 Å². The summed E-state index contributed by atoms with van der Waals surface area (Å²) >= 11 is 0. The van der Waals surface area contributed by atoms with Gasteiger partial charge in [0.25, 0.3) is 5.91 Å². The normalized spacial score (nSPS) is 10.2. The molecule has 2 amide bonds. The van der Waals surface area contributed by atoms with E-state index in [1.54, 1.807) is 54.9 Å². The van der Waals surface area contributed by atoms with E-state index >= 15 is 0 Å². The lowest BCUT2D eigenvalue weighted by molar-refractivity contribution is -0.115. The summed E-state index contributed by atoms with van der Waals surface area (Å²) in [6, 6.07) is 14.3. The molecule has 1 heterocycles. The van der Waals surface area contributed by atoms with Gasteiger partial charge in [0.2, 0.25) is 5.91 Å². The first-order valence-electron chi connectivity index (χ1n) is 8.71. The quantitative estimate of drug-likeness (QED) is 0.689. The Morgan fingerprint density at radius 1 is 0.964 bits per heavy atom. The molecule has 7 nitrogen and oxygen atoms in total. The van der Waals surface area contributed by atoms with Crippen molar-refractivity contribution < 1.29 is 14.3 Å². The van der Waals surface area contributed by atoms with Gasteiger partial charge in [-0.05, 0) is 56.3 Å². The zero-order valence-corrected chi connectivity index (χ0v) is 15.6. The number of hydrogen-bond acceptors (Lipinski definition) is 5. The Morgan fingerprint density at radius 2 is 1.61 bits per heavy atom. The second-order valence-electron chi connectivity index (χ2n) is 6.27. The summed E-state index contributed by atoms with van der Waals surface area (Å²) in [6.45, 7) is 3.73. The van der Waals surface area contributed by atoms with Crippen LogP contribution in [0.25, 0.3) is 0 Å². The van der Waals surface area contributed by atoms with Crippen LogP contribution in [-0.2, 0) is 4.79 Å². The van der Waals surface area contributed by atoms with E-state index in [0.29, 0.717) is 17.0 Å². The van der Waals surface area contributed by atoms with Gasteiger partial charge >= 0.3 is 6.01 Å². The highest BCUT2D eigenvalue weighted by Gasteiger charge is 2.09. The van der Waals surface area contributed by atoms with Crippen molar-refractivity contribution in [1.29, 1.82) is 0 Å². The minimum absolute atomic E-state index is 0.123. The maximum Gasteiger partial charge on any atom is 0.321 e. The lowest BCUT2D eigenvalue weighted by Crippen LogP contribution is -2.32. The lowest BCUT2D eigenvalue weighted by atomic mass is 10.1. The van der Waals surface area contributed by atoms with Crippen LogP contribution in [0.1, 0.15) is 21.5 Å². The Kier molecular flexibility index (Phi) is 5.96. The monoisotopic (exact) mass is 376 g/mol. The SMILES string of the molecule is Cc1cc(C)cc(C(=O)NCC(=O)Nc2ccc(Oc3ncccn3)cc2)c1. The smallest absolute Gasteiger partial charge is 0.321 e. The second-order valence-corrected chi connectivity index (χ2v) is 6.27. The van der Waals surface area contributed by atoms with Gasteiger partial charge in [0.15, 0.2) is 0 Å². The van der Waals surface area contributed by atoms with Crippen LogP contribution in [0.15, 0.2) is 60.9 Å². The maximum absolute atomic E-state index is 12.2. The molecule has 0 aliphatic heterocycles. The molecule has 2 aromatic carbocycles. The highest BCUT2D eigenvalue weighted by Crippen LogP contribution is 2.19. The van der Waals surface area contributed by atoms with Crippen molar-refractivity contribution in [3.8, 4) is 11.8 Å². The molecule has 0 fully saturated rings. The lowest BCUT2D eigenvalue weighted by Gasteiger charge is -2.09. The Hall–Kier alpha value is -3.74. The van der Waals surface area contributed by atoms with Crippen molar-refractivity contribution in [3.05, 3.63) is 77.6 Å². The summed E-state index contributed by atoms with van der Waals surface area (Å²) < 4.78 is 5.49. The third-order valence-electron chi connectivity index (χ3n) is 3.78. The standard InChI is InChI=1S/C21H20N4O3/c1-14-10-15(2)12-16(11-14)20(27)24-13-19(26)25-17-4-6-18(7-5-17)28-21-22-8-3-9-23-21/h3-12H,13H2,1-2H3,(H,24,27)(H,25,26). The van der Waals surface area contributed by atoms with E-state index in [0.717, 1.165) is 11.1 Å². The zero-order valence-electron chi connectivity index (χ0n) is 15.6. The van der Waals surface area contributed by atoms with Gasteiger partial charge < -0.3 is 15.4 Å². The van der Waals surface area contributed by atoms with E-state index in [-0.39, 0.29) is 24.4 Å². The molecule has 0 spiro atoms. The first-order chi connectivity index (χ1) is 13.5. The van der Waals surface area contributed by atoms with Crippen LogP contribution in [0.4, 0.5) is 5.69 Å². The van der Waals surface area contributed by atoms with Gasteiger partial charge in [0, 0.05) is 23.6 Å². The average Bonchev–Trinajstić information content (AvgIpc) is 2.68. The molecule has 0 atom stereocenters. The number of benzene rings is 2. The predicted molar refractivity (Wildman–Crippen MR) is 105 cm³/mol. The minimum atomic E-state index is -0.321. The number of nitrogens with one attached hydrogen (secondary N) is 2. The molecule has 0 aliphatic rings. The van der Waals surface area contributed by atoms with Crippen molar-refractivity contribution in [3.63, 3.8) is 0 Å². The van der Waals surface area contributed by atoms with Gasteiger partial charge in [-0.2, -0.15) is 0 Å².